The van der Waals surface area contributed by atoms with Gasteiger partial charge in [-0.25, -0.2) is 13.2 Å². The number of carbonyl (C=O) groups is 2. The average Bonchev–Trinajstić information content (AvgIpc) is 2.31. The molecule has 1 heterocycles. The van der Waals surface area contributed by atoms with E-state index in [0.717, 1.165) is 4.90 Å². The molecule has 0 bridgehead atoms. The van der Waals surface area contributed by atoms with Crippen LogP contribution in [0.25, 0.3) is 0 Å². The van der Waals surface area contributed by atoms with Crippen LogP contribution in [0.2, 0.25) is 0 Å². The summed E-state index contributed by atoms with van der Waals surface area (Å²) >= 11 is 0. The van der Waals surface area contributed by atoms with Gasteiger partial charge in [0.15, 0.2) is 17.5 Å². The minimum absolute atomic E-state index is 0.182. The highest BCUT2D eigenvalue weighted by molar-refractivity contribution is 6.06. The molecule has 0 spiro atoms. The highest BCUT2D eigenvalue weighted by Gasteiger charge is 2.33. The lowest BCUT2D eigenvalue weighted by Crippen LogP contribution is -2.57. The van der Waals surface area contributed by atoms with Crippen LogP contribution in [0.15, 0.2) is 12.1 Å². The van der Waals surface area contributed by atoms with Gasteiger partial charge in [0, 0.05) is 12.1 Å². The molecular formula is C11H9F3N2O2. The van der Waals surface area contributed by atoms with Crippen LogP contribution >= 0.6 is 0 Å². The Labute approximate surface area is 100 Å². The third kappa shape index (κ3) is 1.92. The van der Waals surface area contributed by atoms with E-state index in [0.29, 0.717) is 12.1 Å². The van der Waals surface area contributed by atoms with Crippen LogP contribution in [0.3, 0.4) is 0 Å². The van der Waals surface area contributed by atoms with Crippen molar-refractivity contribution in [2.75, 3.05) is 11.4 Å². The highest BCUT2D eigenvalue weighted by atomic mass is 19.2. The number of rotatable bonds is 1. The summed E-state index contributed by atoms with van der Waals surface area (Å²) in [5.41, 5.74) is -0.182. The van der Waals surface area contributed by atoms with Gasteiger partial charge in [-0.2, -0.15) is 0 Å². The predicted molar refractivity (Wildman–Crippen MR) is 56.3 cm³/mol. The van der Waals surface area contributed by atoms with Gasteiger partial charge in [0.1, 0.15) is 6.04 Å². The van der Waals surface area contributed by atoms with E-state index in [1.807, 2.05) is 0 Å². The van der Waals surface area contributed by atoms with E-state index >= 15 is 0 Å². The van der Waals surface area contributed by atoms with E-state index in [-0.39, 0.29) is 12.2 Å². The van der Waals surface area contributed by atoms with Crippen LogP contribution in [0.4, 0.5) is 18.9 Å². The SMILES string of the molecule is CC1C(=O)NCC(=O)N1c1cc(F)c(F)c(F)c1. The molecular weight excluding hydrogens is 249 g/mol. The fourth-order valence-corrected chi connectivity index (χ4v) is 1.78. The molecule has 2 amide bonds. The van der Waals surface area contributed by atoms with Crippen molar-refractivity contribution >= 4 is 17.5 Å². The number of nitrogens with zero attached hydrogens (tertiary/aromatic N) is 1. The number of piperazine rings is 1. The van der Waals surface area contributed by atoms with Crippen LogP contribution in [0, 0.1) is 17.5 Å². The number of anilines is 1. The van der Waals surface area contributed by atoms with Crippen LogP contribution < -0.4 is 10.2 Å². The Morgan fingerprint density at radius 2 is 1.78 bits per heavy atom. The van der Waals surface area contributed by atoms with Crippen molar-refractivity contribution in [1.29, 1.82) is 0 Å². The normalized spacial score (nSPS) is 20.0. The van der Waals surface area contributed by atoms with Gasteiger partial charge in [0.25, 0.3) is 0 Å². The smallest absolute Gasteiger partial charge is 0.247 e. The molecule has 18 heavy (non-hydrogen) atoms. The molecule has 1 aromatic rings. The first-order valence-electron chi connectivity index (χ1n) is 5.16. The zero-order valence-corrected chi connectivity index (χ0v) is 9.34. The number of halogens is 3. The Morgan fingerprint density at radius 1 is 1.22 bits per heavy atom. The predicted octanol–water partition coefficient (Wildman–Crippen LogP) is 0.955. The van der Waals surface area contributed by atoms with Crippen molar-refractivity contribution in [1.82, 2.24) is 5.32 Å². The second-order valence-electron chi connectivity index (χ2n) is 3.88. The van der Waals surface area contributed by atoms with E-state index in [4.69, 9.17) is 0 Å². The molecule has 2 rings (SSSR count). The fraction of sp³-hybridized carbons (Fsp3) is 0.273. The van der Waals surface area contributed by atoms with E-state index in [2.05, 4.69) is 5.32 Å². The summed E-state index contributed by atoms with van der Waals surface area (Å²) in [6.45, 7) is 1.15. The second-order valence-corrected chi connectivity index (χ2v) is 3.88. The Bertz CT molecular complexity index is 510. The molecule has 96 valence electrons. The van der Waals surface area contributed by atoms with Crippen LogP contribution in [0.1, 0.15) is 6.92 Å². The summed E-state index contributed by atoms with van der Waals surface area (Å²) in [7, 11) is 0. The monoisotopic (exact) mass is 258 g/mol. The third-order valence-corrected chi connectivity index (χ3v) is 2.70. The molecule has 1 N–H and O–H groups in total. The molecule has 0 radical (unpaired) electrons. The maximum atomic E-state index is 13.1. The Hall–Kier alpha value is -2.05. The first-order valence-corrected chi connectivity index (χ1v) is 5.16. The molecule has 7 heteroatoms. The van der Waals surface area contributed by atoms with Gasteiger partial charge in [0.05, 0.1) is 12.2 Å². The van der Waals surface area contributed by atoms with Crippen LogP contribution in [-0.4, -0.2) is 24.4 Å². The number of hydrogen-bond acceptors (Lipinski definition) is 2. The number of benzene rings is 1. The van der Waals surface area contributed by atoms with Crippen molar-refractivity contribution < 1.29 is 22.8 Å². The molecule has 1 unspecified atom stereocenters. The number of nitrogens with one attached hydrogen (secondary N) is 1. The van der Waals surface area contributed by atoms with E-state index < -0.39 is 35.3 Å². The molecule has 1 aromatic carbocycles. The number of amides is 2. The Balaban J connectivity index is 2.46. The molecule has 0 saturated carbocycles. The lowest BCUT2D eigenvalue weighted by atomic mass is 10.1. The zero-order valence-electron chi connectivity index (χ0n) is 9.34. The van der Waals surface area contributed by atoms with Gasteiger partial charge >= 0.3 is 0 Å². The van der Waals surface area contributed by atoms with Crippen molar-refractivity contribution in [3.8, 4) is 0 Å². The summed E-state index contributed by atoms with van der Waals surface area (Å²) < 4.78 is 39.0. The van der Waals surface area contributed by atoms with Gasteiger partial charge in [-0.1, -0.05) is 0 Å². The van der Waals surface area contributed by atoms with E-state index in [1.165, 1.54) is 6.92 Å². The van der Waals surface area contributed by atoms with Crippen molar-refractivity contribution in [3.05, 3.63) is 29.6 Å². The largest absolute Gasteiger partial charge is 0.345 e. The first-order chi connectivity index (χ1) is 8.41. The van der Waals surface area contributed by atoms with Gasteiger partial charge in [-0.05, 0) is 6.92 Å². The van der Waals surface area contributed by atoms with Gasteiger partial charge < -0.3 is 5.32 Å². The minimum Gasteiger partial charge on any atom is -0.345 e. The quantitative estimate of drug-likeness (QED) is 0.763. The molecule has 1 saturated heterocycles. The molecule has 0 aliphatic carbocycles. The third-order valence-electron chi connectivity index (χ3n) is 2.70. The highest BCUT2D eigenvalue weighted by Crippen LogP contribution is 2.24. The van der Waals surface area contributed by atoms with Crippen LogP contribution in [-0.2, 0) is 9.59 Å². The fourth-order valence-electron chi connectivity index (χ4n) is 1.78. The molecule has 1 aliphatic rings. The van der Waals surface area contributed by atoms with Crippen LogP contribution in [0.5, 0.6) is 0 Å². The molecule has 1 aliphatic heterocycles. The Kier molecular flexibility index (Phi) is 2.98. The minimum atomic E-state index is -1.61. The van der Waals surface area contributed by atoms with E-state index in [1.54, 1.807) is 0 Å². The maximum Gasteiger partial charge on any atom is 0.247 e. The van der Waals surface area contributed by atoms with Crippen molar-refractivity contribution in [2.45, 2.75) is 13.0 Å². The summed E-state index contributed by atoms with van der Waals surface area (Å²) in [5, 5.41) is 2.33. The number of hydrogen-bond donors (Lipinski definition) is 1. The molecule has 0 aromatic heterocycles. The molecule has 1 fully saturated rings. The van der Waals surface area contributed by atoms with Crippen molar-refractivity contribution in [2.24, 2.45) is 0 Å². The van der Waals surface area contributed by atoms with Gasteiger partial charge in [-0.3, -0.25) is 14.5 Å². The summed E-state index contributed by atoms with van der Waals surface area (Å²) in [5.74, 6) is -5.39. The summed E-state index contributed by atoms with van der Waals surface area (Å²) in [6.07, 6.45) is 0. The van der Waals surface area contributed by atoms with Crippen molar-refractivity contribution in [3.63, 3.8) is 0 Å². The summed E-state index contributed by atoms with van der Waals surface area (Å²) in [4.78, 5) is 24.0. The molecule has 1 atom stereocenters. The lowest BCUT2D eigenvalue weighted by Gasteiger charge is -2.32. The van der Waals surface area contributed by atoms with E-state index in [9.17, 15) is 22.8 Å². The average molecular weight is 258 g/mol. The molecule has 4 nitrogen and oxygen atoms in total. The Morgan fingerprint density at radius 3 is 2.33 bits per heavy atom. The summed E-state index contributed by atoms with van der Waals surface area (Å²) in [6, 6.07) is 0.465. The standard InChI is InChI=1S/C11H9F3N2O2/c1-5-11(18)15-4-9(17)16(5)6-2-7(12)10(14)8(13)3-6/h2-3,5H,4H2,1H3,(H,15,18). The lowest BCUT2D eigenvalue weighted by molar-refractivity contribution is -0.130. The van der Waals surface area contributed by atoms with Gasteiger partial charge in [-0.15, -0.1) is 0 Å². The maximum absolute atomic E-state index is 13.1. The first kappa shape index (κ1) is 12.4. The topological polar surface area (TPSA) is 49.4 Å². The second kappa shape index (κ2) is 4.32. The van der Waals surface area contributed by atoms with Gasteiger partial charge in [0.2, 0.25) is 11.8 Å². The number of carbonyl (C=O) groups excluding carboxylic acids is 2. The zero-order chi connectivity index (χ0) is 13.4.